The van der Waals surface area contributed by atoms with E-state index in [1.807, 2.05) is 0 Å². The number of rotatable bonds is 2. The van der Waals surface area contributed by atoms with Crippen LogP contribution in [0.15, 0.2) is 12.7 Å². The van der Waals surface area contributed by atoms with Gasteiger partial charge in [0.15, 0.2) is 0 Å². The monoisotopic (exact) mass is 148 g/mol. The predicted molar refractivity (Wildman–Crippen MR) is 42.6 cm³/mol. The van der Waals surface area contributed by atoms with Crippen molar-refractivity contribution in [2.24, 2.45) is 5.84 Å². The fourth-order valence-electron chi connectivity index (χ4n) is 0.176. The van der Waals surface area contributed by atoms with E-state index in [1.165, 1.54) is 11.8 Å². The summed E-state index contributed by atoms with van der Waals surface area (Å²) in [5.74, 6) is 5.78. The van der Waals surface area contributed by atoms with Crippen molar-refractivity contribution in [2.75, 3.05) is 5.75 Å². The van der Waals surface area contributed by atoms with Crippen LogP contribution in [0.5, 0.6) is 0 Å². The average molecular weight is 148 g/mol. The Hall–Kier alpha value is -0.0600. The summed E-state index contributed by atoms with van der Waals surface area (Å²) in [6, 6.07) is 0. The molecule has 0 atom stereocenters. The Kier molecular flexibility index (Phi) is 5.05. The van der Waals surface area contributed by atoms with Crippen molar-refractivity contribution in [1.82, 2.24) is 5.43 Å². The van der Waals surface area contributed by atoms with Crippen molar-refractivity contribution in [3.8, 4) is 0 Å². The molecule has 4 heteroatoms. The van der Waals surface area contributed by atoms with Crippen molar-refractivity contribution in [3.63, 3.8) is 0 Å². The van der Waals surface area contributed by atoms with Crippen molar-refractivity contribution >= 4 is 28.3 Å². The van der Waals surface area contributed by atoms with Crippen LogP contribution in [0, 0.1) is 0 Å². The Bertz CT molecular complexity index is 92.0. The van der Waals surface area contributed by atoms with Crippen molar-refractivity contribution in [2.45, 2.75) is 0 Å². The van der Waals surface area contributed by atoms with Gasteiger partial charge in [-0.2, -0.15) is 0 Å². The first-order valence-corrected chi connectivity index (χ1v) is 3.45. The van der Waals surface area contributed by atoms with Gasteiger partial charge in [0, 0.05) is 5.75 Å². The molecular formula is C4H8N2S2. The van der Waals surface area contributed by atoms with Crippen LogP contribution >= 0.6 is 24.0 Å². The molecule has 0 saturated carbocycles. The highest BCUT2D eigenvalue weighted by molar-refractivity contribution is 8.23. The summed E-state index contributed by atoms with van der Waals surface area (Å²) >= 11 is 6.15. The molecule has 46 valence electrons. The molecule has 0 aliphatic rings. The van der Waals surface area contributed by atoms with Crippen molar-refractivity contribution < 1.29 is 0 Å². The molecule has 0 aliphatic heterocycles. The number of thioether (sulfide) groups is 1. The molecule has 8 heavy (non-hydrogen) atoms. The quantitative estimate of drug-likeness (QED) is 0.261. The second-order valence-corrected chi connectivity index (χ2v) is 2.73. The summed E-state index contributed by atoms with van der Waals surface area (Å²) < 4.78 is 0.602. The summed E-state index contributed by atoms with van der Waals surface area (Å²) in [4.78, 5) is 0. The van der Waals surface area contributed by atoms with Crippen LogP contribution in [0.2, 0.25) is 0 Å². The minimum absolute atomic E-state index is 0.602. The van der Waals surface area contributed by atoms with E-state index >= 15 is 0 Å². The molecule has 0 spiro atoms. The number of nitrogens with one attached hydrogen (secondary N) is 1. The van der Waals surface area contributed by atoms with Crippen LogP contribution in [0.1, 0.15) is 0 Å². The van der Waals surface area contributed by atoms with E-state index < -0.39 is 0 Å². The van der Waals surface area contributed by atoms with Crippen LogP contribution in [0.4, 0.5) is 0 Å². The summed E-state index contributed by atoms with van der Waals surface area (Å²) in [6.45, 7) is 3.52. The zero-order valence-electron chi connectivity index (χ0n) is 4.39. The van der Waals surface area contributed by atoms with Gasteiger partial charge in [-0.3, -0.25) is 0 Å². The molecule has 3 N–H and O–H groups in total. The lowest BCUT2D eigenvalue weighted by Gasteiger charge is -1.95. The molecule has 2 nitrogen and oxygen atoms in total. The van der Waals surface area contributed by atoms with Crippen LogP contribution < -0.4 is 11.3 Å². The molecule has 0 radical (unpaired) electrons. The van der Waals surface area contributed by atoms with E-state index in [2.05, 4.69) is 12.0 Å². The van der Waals surface area contributed by atoms with E-state index in [0.717, 1.165) is 5.75 Å². The molecule has 0 heterocycles. The van der Waals surface area contributed by atoms with E-state index in [1.54, 1.807) is 6.08 Å². The van der Waals surface area contributed by atoms with E-state index in [4.69, 9.17) is 18.1 Å². The zero-order chi connectivity index (χ0) is 6.41. The third-order valence-electron chi connectivity index (χ3n) is 0.450. The summed E-state index contributed by atoms with van der Waals surface area (Å²) in [7, 11) is 0. The summed E-state index contributed by atoms with van der Waals surface area (Å²) in [5, 5.41) is 0. The molecular weight excluding hydrogens is 140 g/mol. The van der Waals surface area contributed by atoms with E-state index in [-0.39, 0.29) is 0 Å². The first-order valence-electron chi connectivity index (χ1n) is 2.05. The lowest BCUT2D eigenvalue weighted by Crippen LogP contribution is -2.25. The Morgan fingerprint density at radius 2 is 2.62 bits per heavy atom. The van der Waals surface area contributed by atoms with Gasteiger partial charge in [0.2, 0.25) is 0 Å². The van der Waals surface area contributed by atoms with Gasteiger partial charge in [0.05, 0.1) is 0 Å². The second-order valence-electron chi connectivity index (χ2n) is 1.03. The molecule has 0 fully saturated rings. The summed E-state index contributed by atoms with van der Waals surface area (Å²) in [6.07, 6.45) is 1.77. The van der Waals surface area contributed by atoms with Crippen LogP contribution in [0.25, 0.3) is 0 Å². The maximum atomic E-state index is 4.97. The number of hydrazine groups is 1. The molecule has 0 aliphatic carbocycles. The van der Waals surface area contributed by atoms with Gasteiger partial charge < -0.3 is 5.43 Å². The van der Waals surface area contributed by atoms with Gasteiger partial charge >= 0.3 is 0 Å². The smallest absolute Gasteiger partial charge is 0.148 e. The predicted octanol–water partition coefficient (Wildman–Crippen LogP) is 0.654. The maximum absolute atomic E-state index is 4.97. The van der Waals surface area contributed by atoms with Crippen LogP contribution in [-0.2, 0) is 0 Å². The fraction of sp³-hybridized carbons (Fsp3) is 0.250. The number of hydrogen-bond acceptors (Lipinski definition) is 3. The van der Waals surface area contributed by atoms with Gasteiger partial charge in [0.25, 0.3) is 0 Å². The largest absolute Gasteiger partial charge is 0.309 e. The molecule has 0 amide bonds. The van der Waals surface area contributed by atoms with Crippen molar-refractivity contribution in [1.29, 1.82) is 0 Å². The maximum Gasteiger partial charge on any atom is 0.148 e. The lowest BCUT2D eigenvalue weighted by molar-refractivity contribution is 1.07. The lowest BCUT2D eigenvalue weighted by atomic mass is 10.8. The van der Waals surface area contributed by atoms with Gasteiger partial charge in [0.1, 0.15) is 4.32 Å². The second kappa shape index (κ2) is 5.08. The van der Waals surface area contributed by atoms with Gasteiger partial charge in [-0.1, -0.05) is 30.1 Å². The minimum Gasteiger partial charge on any atom is -0.309 e. The molecule has 0 rings (SSSR count). The first kappa shape index (κ1) is 7.94. The Morgan fingerprint density at radius 1 is 2.00 bits per heavy atom. The highest BCUT2D eigenvalue weighted by Crippen LogP contribution is 1.98. The normalized spacial score (nSPS) is 8.12. The highest BCUT2D eigenvalue weighted by Gasteiger charge is 1.87. The van der Waals surface area contributed by atoms with Crippen LogP contribution in [0.3, 0.4) is 0 Å². The molecule has 0 aromatic carbocycles. The molecule has 0 saturated heterocycles. The van der Waals surface area contributed by atoms with E-state index in [0.29, 0.717) is 4.32 Å². The first-order chi connectivity index (χ1) is 3.81. The molecule has 0 unspecified atom stereocenters. The zero-order valence-corrected chi connectivity index (χ0v) is 6.02. The molecule has 0 aromatic rings. The minimum atomic E-state index is 0.602. The number of hydrogen-bond donors (Lipinski definition) is 2. The molecule has 0 bridgehead atoms. The number of nitrogens with two attached hydrogens (primary N) is 1. The molecule has 0 aromatic heterocycles. The third kappa shape index (κ3) is 4.11. The Balaban J connectivity index is 3.11. The third-order valence-corrected chi connectivity index (χ3v) is 1.70. The highest BCUT2D eigenvalue weighted by atomic mass is 32.2. The standard InChI is InChI=1S/C4H8N2S2/c1-2-3-8-4(7)6-5/h2H,1,3,5H2,(H,6,7). The fourth-order valence-corrected chi connectivity index (χ4v) is 0.733. The van der Waals surface area contributed by atoms with Crippen LogP contribution in [-0.4, -0.2) is 10.1 Å². The van der Waals surface area contributed by atoms with Gasteiger partial charge in [-0.05, 0) is 0 Å². The SMILES string of the molecule is C=CCSC(=S)NN. The van der Waals surface area contributed by atoms with Crippen molar-refractivity contribution in [3.05, 3.63) is 12.7 Å². The average Bonchev–Trinajstić information content (AvgIpc) is 1.83. The van der Waals surface area contributed by atoms with E-state index in [9.17, 15) is 0 Å². The Morgan fingerprint density at radius 3 is 3.00 bits per heavy atom. The van der Waals surface area contributed by atoms with Gasteiger partial charge in [-0.15, -0.1) is 6.58 Å². The summed E-state index contributed by atoms with van der Waals surface area (Å²) in [5.41, 5.74) is 2.35. The van der Waals surface area contributed by atoms with Gasteiger partial charge in [-0.25, -0.2) is 5.84 Å². The number of thiocarbonyl (C=S) groups is 1. The topological polar surface area (TPSA) is 38.0 Å². The Labute approximate surface area is 58.5 Å².